The number of amides is 2. The summed E-state index contributed by atoms with van der Waals surface area (Å²) in [6.07, 6.45) is 0. The van der Waals surface area contributed by atoms with Crippen LogP contribution in [0.2, 0.25) is 0 Å². The number of nitrogens with zero attached hydrogens (tertiary/aromatic N) is 3. The van der Waals surface area contributed by atoms with Crippen LogP contribution in [0.5, 0.6) is 5.75 Å². The van der Waals surface area contributed by atoms with Crippen molar-refractivity contribution in [1.82, 2.24) is 15.1 Å². The highest BCUT2D eigenvalue weighted by atomic mass is 32.2. The van der Waals surface area contributed by atoms with Crippen LogP contribution < -0.4 is 10.1 Å². The molecule has 1 fully saturated rings. The highest BCUT2D eigenvalue weighted by Crippen LogP contribution is 2.39. The van der Waals surface area contributed by atoms with E-state index < -0.39 is 0 Å². The minimum Gasteiger partial charge on any atom is -0.497 e. The third kappa shape index (κ3) is 5.21. The summed E-state index contributed by atoms with van der Waals surface area (Å²) in [5, 5.41) is 12.2. The molecule has 1 aromatic heterocycles. The molecule has 7 nitrogen and oxygen atoms in total. The van der Waals surface area contributed by atoms with E-state index in [1.54, 1.807) is 31.0 Å². The number of hydrogen-bond donors (Lipinski definition) is 1. The molecule has 2 amide bonds. The van der Waals surface area contributed by atoms with Crippen molar-refractivity contribution >= 4 is 40.0 Å². The summed E-state index contributed by atoms with van der Waals surface area (Å²) in [5.74, 6) is 1.08. The molecule has 9 heteroatoms. The van der Waals surface area contributed by atoms with Crippen LogP contribution >= 0.6 is 23.1 Å². The standard InChI is InChI=1S/C26H22N4O3S2/c1-33-21-13-11-19(12-14-21)24-28-29-26(35-24)27-23(32)18-7-9-20(10-8-18)25-30(22(31)16-34-25)15-17-5-3-2-4-6-17/h2-14,25H,15-16H2,1H3,(H,27,29,32)/t25-/m0/s1. The van der Waals surface area contributed by atoms with Crippen LogP contribution in [0.3, 0.4) is 0 Å². The average Bonchev–Trinajstić information content (AvgIpc) is 3.51. The maximum Gasteiger partial charge on any atom is 0.257 e. The zero-order valence-corrected chi connectivity index (χ0v) is 20.5. The third-order valence-electron chi connectivity index (χ3n) is 5.60. The number of ether oxygens (including phenoxy) is 1. The van der Waals surface area contributed by atoms with Gasteiger partial charge in [0.15, 0.2) is 0 Å². The molecule has 0 bridgehead atoms. The maximum atomic E-state index is 12.8. The van der Waals surface area contributed by atoms with Crippen molar-refractivity contribution in [3.8, 4) is 16.3 Å². The van der Waals surface area contributed by atoms with Crippen molar-refractivity contribution in [3.63, 3.8) is 0 Å². The van der Waals surface area contributed by atoms with Crippen molar-refractivity contribution in [2.24, 2.45) is 0 Å². The lowest BCUT2D eigenvalue weighted by molar-refractivity contribution is -0.128. The van der Waals surface area contributed by atoms with E-state index in [9.17, 15) is 9.59 Å². The smallest absolute Gasteiger partial charge is 0.257 e. The zero-order chi connectivity index (χ0) is 24.2. The van der Waals surface area contributed by atoms with Crippen LogP contribution in [-0.2, 0) is 11.3 Å². The fourth-order valence-corrected chi connectivity index (χ4v) is 5.71. The van der Waals surface area contributed by atoms with Gasteiger partial charge in [-0.15, -0.1) is 22.0 Å². The Morgan fingerprint density at radius 3 is 2.49 bits per heavy atom. The van der Waals surface area contributed by atoms with E-state index >= 15 is 0 Å². The van der Waals surface area contributed by atoms with Gasteiger partial charge in [-0.2, -0.15) is 0 Å². The summed E-state index contributed by atoms with van der Waals surface area (Å²) < 4.78 is 5.18. The van der Waals surface area contributed by atoms with Crippen LogP contribution in [0.15, 0.2) is 78.9 Å². The number of carbonyl (C=O) groups is 2. The van der Waals surface area contributed by atoms with Gasteiger partial charge in [0.25, 0.3) is 5.91 Å². The van der Waals surface area contributed by atoms with Crippen LogP contribution in [0, 0.1) is 0 Å². The quantitative estimate of drug-likeness (QED) is 0.372. The third-order valence-corrected chi connectivity index (χ3v) is 7.75. The van der Waals surface area contributed by atoms with Crippen LogP contribution in [-0.4, -0.2) is 39.8 Å². The highest BCUT2D eigenvalue weighted by molar-refractivity contribution is 8.00. The molecule has 176 valence electrons. The fraction of sp³-hybridized carbons (Fsp3) is 0.154. The number of aromatic nitrogens is 2. The molecule has 0 saturated carbocycles. The largest absolute Gasteiger partial charge is 0.497 e. The fourth-order valence-electron chi connectivity index (χ4n) is 3.77. The first-order valence-electron chi connectivity index (χ1n) is 10.9. The Morgan fingerprint density at radius 2 is 1.77 bits per heavy atom. The normalized spacial score (nSPS) is 15.3. The molecule has 1 aliphatic rings. The second-order valence-corrected chi connectivity index (χ2v) is 9.93. The molecule has 0 aliphatic carbocycles. The number of rotatable bonds is 7. The van der Waals surface area contributed by atoms with Gasteiger partial charge in [-0.3, -0.25) is 14.9 Å². The molecular formula is C26H22N4O3S2. The van der Waals surface area contributed by atoms with E-state index in [2.05, 4.69) is 15.5 Å². The van der Waals surface area contributed by atoms with Gasteiger partial charge in [-0.1, -0.05) is 53.8 Å². The van der Waals surface area contributed by atoms with Gasteiger partial charge in [-0.25, -0.2) is 0 Å². The van der Waals surface area contributed by atoms with Crippen molar-refractivity contribution in [2.45, 2.75) is 11.9 Å². The summed E-state index contributed by atoms with van der Waals surface area (Å²) in [7, 11) is 1.62. The first kappa shape index (κ1) is 23.1. The summed E-state index contributed by atoms with van der Waals surface area (Å²) in [5.41, 5.74) is 3.50. The summed E-state index contributed by atoms with van der Waals surface area (Å²) in [6, 6.07) is 24.8. The van der Waals surface area contributed by atoms with Gasteiger partial charge in [0.05, 0.1) is 12.9 Å². The molecule has 2 heterocycles. The SMILES string of the molecule is COc1ccc(-c2nnc(NC(=O)c3ccc([C@@H]4SCC(=O)N4Cc4ccccc4)cc3)s2)cc1. The minimum atomic E-state index is -0.259. The molecular weight excluding hydrogens is 480 g/mol. The van der Waals surface area contributed by atoms with Gasteiger partial charge < -0.3 is 9.64 Å². The lowest BCUT2D eigenvalue weighted by Gasteiger charge is -2.24. The Labute approximate surface area is 211 Å². The number of thioether (sulfide) groups is 1. The molecule has 4 aromatic rings. The van der Waals surface area contributed by atoms with E-state index in [0.717, 1.165) is 22.4 Å². The van der Waals surface area contributed by atoms with E-state index in [1.807, 2.05) is 71.6 Å². The van der Waals surface area contributed by atoms with Gasteiger partial charge in [0, 0.05) is 17.7 Å². The van der Waals surface area contributed by atoms with Gasteiger partial charge >= 0.3 is 0 Å². The van der Waals surface area contributed by atoms with Gasteiger partial charge in [0.1, 0.15) is 16.1 Å². The molecule has 0 radical (unpaired) electrons. The molecule has 1 atom stereocenters. The van der Waals surface area contributed by atoms with Gasteiger partial charge in [0.2, 0.25) is 11.0 Å². The second kappa shape index (κ2) is 10.3. The molecule has 35 heavy (non-hydrogen) atoms. The molecule has 5 rings (SSSR count). The van der Waals surface area contributed by atoms with Crippen LogP contribution in [0.25, 0.3) is 10.6 Å². The minimum absolute atomic E-state index is 0.0740. The lowest BCUT2D eigenvalue weighted by Crippen LogP contribution is -2.27. The monoisotopic (exact) mass is 502 g/mol. The van der Waals surface area contributed by atoms with Crippen molar-refractivity contribution < 1.29 is 14.3 Å². The summed E-state index contributed by atoms with van der Waals surface area (Å²) >= 11 is 2.91. The first-order chi connectivity index (χ1) is 17.1. The Kier molecular flexibility index (Phi) is 6.78. The summed E-state index contributed by atoms with van der Waals surface area (Å²) in [4.78, 5) is 27.2. The Hall–Kier alpha value is -3.69. The summed E-state index contributed by atoms with van der Waals surface area (Å²) in [6.45, 7) is 0.563. The first-order valence-corrected chi connectivity index (χ1v) is 12.8. The van der Waals surface area contributed by atoms with Crippen molar-refractivity contribution in [3.05, 3.63) is 95.6 Å². The molecule has 0 unspecified atom stereocenters. The second-order valence-electron chi connectivity index (χ2n) is 7.89. The lowest BCUT2D eigenvalue weighted by atomic mass is 10.1. The predicted octanol–water partition coefficient (Wildman–Crippen LogP) is 5.24. The maximum absolute atomic E-state index is 12.8. The van der Waals surface area contributed by atoms with E-state index in [-0.39, 0.29) is 17.2 Å². The van der Waals surface area contributed by atoms with Crippen LogP contribution in [0.1, 0.15) is 26.9 Å². The number of benzene rings is 3. The molecule has 1 N–H and O–H groups in total. The van der Waals surface area contributed by atoms with E-state index in [4.69, 9.17) is 4.74 Å². The Bertz CT molecular complexity index is 1320. The molecule has 1 saturated heterocycles. The zero-order valence-electron chi connectivity index (χ0n) is 18.9. The average molecular weight is 503 g/mol. The molecule has 3 aromatic carbocycles. The number of nitrogens with one attached hydrogen (secondary N) is 1. The molecule has 1 aliphatic heterocycles. The predicted molar refractivity (Wildman–Crippen MR) is 138 cm³/mol. The highest BCUT2D eigenvalue weighted by Gasteiger charge is 2.32. The number of hydrogen-bond acceptors (Lipinski definition) is 7. The van der Waals surface area contributed by atoms with E-state index in [1.165, 1.54) is 11.3 Å². The number of methoxy groups -OCH3 is 1. The van der Waals surface area contributed by atoms with Gasteiger partial charge in [-0.05, 0) is 47.5 Å². The van der Waals surface area contributed by atoms with Crippen molar-refractivity contribution in [2.75, 3.05) is 18.2 Å². The van der Waals surface area contributed by atoms with E-state index in [0.29, 0.717) is 28.0 Å². The van der Waals surface area contributed by atoms with Crippen LogP contribution in [0.4, 0.5) is 5.13 Å². The molecule has 0 spiro atoms. The number of carbonyl (C=O) groups excluding carboxylic acids is 2. The Morgan fingerprint density at radius 1 is 1.03 bits per heavy atom. The Balaban J connectivity index is 1.25. The number of anilines is 1. The topological polar surface area (TPSA) is 84.4 Å². The van der Waals surface area contributed by atoms with Crippen molar-refractivity contribution in [1.29, 1.82) is 0 Å².